The van der Waals surface area contributed by atoms with Crippen molar-refractivity contribution in [3.8, 4) is 0 Å². The van der Waals surface area contributed by atoms with Gasteiger partial charge in [-0.2, -0.15) is 0 Å². The predicted octanol–water partition coefficient (Wildman–Crippen LogP) is 2.83. The molecular weight excluding hydrogens is 196 g/mol. The van der Waals surface area contributed by atoms with E-state index in [-0.39, 0.29) is 0 Å². The predicted molar refractivity (Wildman–Crippen MR) is 66.3 cm³/mol. The Balaban J connectivity index is 2.04. The molecule has 3 rings (SSSR count). The fourth-order valence-electron chi connectivity index (χ4n) is 2.73. The van der Waals surface area contributed by atoms with E-state index in [1.165, 1.54) is 23.8 Å². The molecule has 1 aromatic carbocycles. The van der Waals surface area contributed by atoms with Crippen LogP contribution in [0.25, 0.3) is 10.9 Å². The first kappa shape index (κ1) is 9.79. The maximum atomic E-state index is 6.14. The first-order valence-electron chi connectivity index (χ1n) is 5.95. The van der Waals surface area contributed by atoms with E-state index in [9.17, 15) is 0 Å². The third-order valence-corrected chi connectivity index (χ3v) is 3.62. The van der Waals surface area contributed by atoms with E-state index in [4.69, 9.17) is 5.73 Å². The van der Waals surface area contributed by atoms with Crippen LogP contribution in [-0.4, -0.2) is 11.0 Å². The molecule has 2 nitrogen and oxygen atoms in total. The maximum Gasteiger partial charge on any atom is 0.0702 e. The van der Waals surface area contributed by atoms with Crippen LogP contribution in [0, 0.1) is 0 Å². The van der Waals surface area contributed by atoms with Gasteiger partial charge < -0.3 is 5.73 Å². The second-order valence-electron chi connectivity index (χ2n) is 4.66. The standard InChI is InChI=1S/C14H16N2/c15-13-5-1-4-12(13)10-6-7-14-11(9-10)3-2-8-16-14/h2-3,6-9,12-13H,1,4-5,15H2. The molecule has 1 aromatic heterocycles. The van der Waals surface area contributed by atoms with Gasteiger partial charge in [0.05, 0.1) is 5.52 Å². The summed E-state index contributed by atoms with van der Waals surface area (Å²) in [6.07, 6.45) is 5.49. The Morgan fingerprint density at radius 2 is 2.12 bits per heavy atom. The van der Waals surface area contributed by atoms with E-state index < -0.39 is 0 Å². The number of hydrogen-bond acceptors (Lipinski definition) is 2. The minimum atomic E-state index is 0.342. The molecule has 1 heterocycles. The largest absolute Gasteiger partial charge is 0.327 e. The highest BCUT2D eigenvalue weighted by atomic mass is 14.7. The normalized spacial score (nSPS) is 25.1. The van der Waals surface area contributed by atoms with Crippen LogP contribution in [0.4, 0.5) is 0 Å². The lowest BCUT2D eigenvalue weighted by molar-refractivity contribution is 0.613. The van der Waals surface area contributed by atoms with E-state index in [1.54, 1.807) is 0 Å². The summed E-state index contributed by atoms with van der Waals surface area (Å²) in [6, 6.07) is 11.0. The van der Waals surface area contributed by atoms with Gasteiger partial charge in [-0.1, -0.05) is 18.6 Å². The minimum Gasteiger partial charge on any atom is -0.327 e. The van der Waals surface area contributed by atoms with Crippen molar-refractivity contribution in [1.29, 1.82) is 0 Å². The SMILES string of the molecule is NC1CCCC1c1ccc2ncccc2c1. The van der Waals surface area contributed by atoms with Crippen molar-refractivity contribution < 1.29 is 0 Å². The van der Waals surface area contributed by atoms with E-state index in [1.807, 2.05) is 12.3 Å². The number of hydrogen-bond donors (Lipinski definition) is 1. The Morgan fingerprint density at radius 1 is 1.19 bits per heavy atom. The summed E-state index contributed by atoms with van der Waals surface area (Å²) in [6.45, 7) is 0. The highest BCUT2D eigenvalue weighted by molar-refractivity contribution is 5.79. The Morgan fingerprint density at radius 3 is 2.94 bits per heavy atom. The lowest BCUT2D eigenvalue weighted by Gasteiger charge is -2.16. The molecule has 0 bridgehead atoms. The molecule has 82 valence electrons. The monoisotopic (exact) mass is 212 g/mol. The van der Waals surface area contributed by atoms with Gasteiger partial charge in [-0.15, -0.1) is 0 Å². The van der Waals surface area contributed by atoms with Gasteiger partial charge in [-0.05, 0) is 42.5 Å². The quantitative estimate of drug-likeness (QED) is 0.789. The van der Waals surface area contributed by atoms with E-state index in [2.05, 4.69) is 29.2 Å². The average molecular weight is 212 g/mol. The second kappa shape index (κ2) is 3.87. The number of rotatable bonds is 1. The third-order valence-electron chi connectivity index (χ3n) is 3.62. The molecule has 0 aliphatic heterocycles. The molecular formula is C14H16N2. The summed E-state index contributed by atoms with van der Waals surface area (Å²) in [5.74, 6) is 0.546. The van der Waals surface area contributed by atoms with Crippen molar-refractivity contribution in [2.75, 3.05) is 0 Å². The van der Waals surface area contributed by atoms with Crippen LogP contribution in [0.3, 0.4) is 0 Å². The summed E-state index contributed by atoms with van der Waals surface area (Å²) in [5.41, 5.74) is 8.59. The zero-order valence-corrected chi connectivity index (χ0v) is 9.26. The van der Waals surface area contributed by atoms with Crippen LogP contribution >= 0.6 is 0 Å². The van der Waals surface area contributed by atoms with Crippen LogP contribution in [0.2, 0.25) is 0 Å². The van der Waals surface area contributed by atoms with Crippen molar-refractivity contribution in [2.45, 2.75) is 31.2 Å². The van der Waals surface area contributed by atoms with Gasteiger partial charge in [-0.25, -0.2) is 0 Å². The van der Waals surface area contributed by atoms with Gasteiger partial charge in [0.15, 0.2) is 0 Å². The van der Waals surface area contributed by atoms with Crippen LogP contribution in [-0.2, 0) is 0 Å². The average Bonchev–Trinajstić information content (AvgIpc) is 2.75. The summed E-state index contributed by atoms with van der Waals surface area (Å²) in [7, 11) is 0. The first-order chi connectivity index (χ1) is 7.84. The van der Waals surface area contributed by atoms with E-state index in [0.29, 0.717) is 12.0 Å². The van der Waals surface area contributed by atoms with Crippen molar-refractivity contribution in [2.24, 2.45) is 5.73 Å². The summed E-state index contributed by atoms with van der Waals surface area (Å²) >= 11 is 0. The highest BCUT2D eigenvalue weighted by Gasteiger charge is 2.25. The fraction of sp³-hybridized carbons (Fsp3) is 0.357. The minimum absolute atomic E-state index is 0.342. The number of nitrogens with zero attached hydrogens (tertiary/aromatic N) is 1. The van der Waals surface area contributed by atoms with Crippen molar-refractivity contribution in [1.82, 2.24) is 4.98 Å². The Labute approximate surface area is 95.5 Å². The molecule has 16 heavy (non-hydrogen) atoms. The van der Waals surface area contributed by atoms with Crippen molar-refractivity contribution in [3.63, 3.8) is 0 Å². The molecule has 0 amide bonds. The molecule has 2 atom stereocenters. The molecule has 2 aromatic rings. The topological polar surface area (TPSA) is 38.9 Å². The molecule has 0 spiro atoms. The highest BCUT2D eigenvalue weighted by Crippen LogP contribution is 2.34. The van der Waals surface area contributed by atoms with Crippen molar-refractivity contribution >= 4 is 10.9 Å². The summed E-state index contributed by atoms with van der Waals surface area (Å²) in [5, 5.41) is 1.22. The number of nitrogens with two attached hydrogens (primary N) is 1. The molecule has 1 aliphatic rings. The molecule has 2 unspecified atom stereocenters. The number of aromatic nitrogens is 1. The maximum absolute atomic E-state index is 6.14. The lowest BCUT2D eigenvalue weighted by atomic mass is 9.93. The lowest BCUT2D eigenvalue weighted by Crippen LogP contribution is -2.22. The Kier molecular flexibility index (Phi) is 2.37. The summed E-state index contributed by atoms with van der Waals surface area (Å²) < 4.78 is 0. The van der Waals surface area contributed by atoms with Crippen LogP contribution < -0.4 is 5.73 Å². The van der Waals surface area contributed by atoms with Crippen molar-refractivity contribution in [3.05, 3.63) is 42.1 Å². The number of benzene rings is 1. The molecule has 0 radical (unpaired) electrons. The molecule has 2 N–H and O–H groups in total. The van der Waals surface area contributed by atoms with E-state index in [0.717, 1.165) is 11.9 Å². The van der Waals surface area contributed by atoms with Crippen LogP contribution in [0.5, 0.6) is 0 Å². The number of pyridine rings is 1. The molecule has 0 saturated heterocycles. The van der Waals surface area contributed by atoms with Gasteiger partial charge in [-0.3, -0.25) is 4.98 Å². The third kappa shape index (κ3) is 1.59. The van der Waals surface area contributed by atoms with Crippen LogP contribution in [0.1, 0.15) is 30.7 Å². The van der Waals surface area contributed by atoms with Gasteiger partial charge >= 0.3 is 0 Å². The smallest absolute Gasteiger partial charge is 0.0702 e. The van der Waals surface area contributed by atoms with Gasteiger partial charge in [0.1, 0.15) is 0 Å². The van der Waals surface area contributed by atoms with E-state index >= 15 is 0 Å². The Hall–Kier alpha value is -1.41. The van der Waals surface area contributed by atoms with Gasteiger partial charge in [0, 0.05) is 17.6 Å². The summed E-state index contributed by atoms with van der Waals surface area (Å²) in [4.78, 5) is 4.34. The second-order valence-corrected chi connectivity index (χ2v) is 4.66. The zero-order chi connectivity index (χ0) is 11.0. The first-order valence-corrected chi connectivity index (χ1v) is 5.95. The molecule has 1 saturated carbocycles. The molecule has 1 fully saturated rings. The fourth-order valence-corrected chi connectivity index (χ4v) is 2.73. The van der Waals surface area contributed by atoms with Crippen LogP contribution in [0.15, 0.2) is 36.5 Å². The zero-order valence-electron chi connectivity index (χ0n) is 9.26. The molecule has 2 heteroatoms. The van der Waals surface area contributed by atoms with Gasteiger partial charge in [0.2, 0.25) is 0 Å². The Bertz CT molecular complexity index is 507. The van der Waals surface area contributed by atoms with Gasteiger partial charge in [0.25, 0.3) is 0 Å². The number of fused-ring (bicyclic) bond motifs is 1. The molecule has 1 aliphatic carbocycles.